The Morgan fingerprint density at radius 2 is 2.10 bits per heavy atom. The molecule has 1 amide bonds. The van der Waals surface area contributed by atoms with Crippen LogP contribution in [0, 0.1) is 6.92 Å². The van der Waals surface area contributed by atoms with Gasteiger partial charge in [0.05, 0.1) is 5.69 Å². The summed E-state index contributed by atoms with van der Waals surface area (Å²) in [5.74, 6) is -0.202. The summed E-state index contributed by atoms with van der Waals surface area (Å²) in [5, 5.41) is 3.11. The van der Waals surface area contributed by atoms with E-state index in [9.17, 15) is 4.79 Å². The second-order valence-electron chi connectivity index (χ2n) is 4.44. The van der Waals surface area contributed by atoms with Gasteiger partial charge < -0.3 is 11.1 Å². The number of nitrogens with one attached hydrogen (secondary N) is 1. The molecule has 0 saturated heterocycles. The number of pyridine rings is 1. The number of halogens is 1. The summed E-state index contributed by atoms with van der Waals surface area (Å²) >= 11 is 6.02. The molecule has 1 aromatic carbocycles. The van der Waals surface area contributed by atoms with Crippen LogP contribution in [0.4, 0.5) is 5.69 Å². The molecule has 1 aromatic heterocycles. The predicted octanol–water partition coefficient (Wildman–Crippen LogP) is 2.80. The predicted molar refractivity (Wildman–Crippen MR) is 81.1 cm³/mol. The average Bonchev–Trinajstić information content (AvgIpc) is 2.44. The van der Waals surface area contributed by atoms with Crippen LogP contribution >= 0.6 is 11.6 Å². The van der Waals surface area contributed by atoms with Crippen LogP contribution in [0.3, 0.4) is 0 Å². The van der Waals surface area contributed by atoms with Crippen molar-refractivity contribution in [2.45, 2.75) is 13.3 Å². The molecule has 0 fully saturated rings. The van der Waals surface area contributed by atoms with Crippen molar-refractivity contribution >= 4 is 23.2 Å². The van der Waals surface area contributed by atoms with E-state index in [1.165, 1.54) is 0 Å². The number of anilines is 1. The minimum absolute atomic E-state index is 0.202. The highest BCUT2D eigenvalue weighted by Gasteiger charge is 2.13. The fourth-order valence-corrected chi connectivity index (χ4v) is 2.22. The number of carbonyl (C=O) groups is 1. The van der Waals surface area contributed by atoms with E-state index in [1.54, 1.807) is 18.3 Å². The van der Waals surface area contributed by atoms with E-state index in [1.807, 2.05) is 25.1 Å². The molecule has 0 radical (unpaired) electrons. The molecular formula is C15H16ClN3O. The van der Waals surface area contributed by atoms with Gasteiger partial charge >= 0.3 is 0 Å². The Labute approximate surface area is 123 Å². The first-order valence-corrected chi connectivity index (χ1v) is 6.71. The summed E-state index contributed by atoms with van der Waals surface area (Å²) in [5.41, 5.74) is 8.51. The van der Waals surface area contributed by atoms with Crippen molar-refractivity contribution in [2.24, 2.45) is 5.73 Å². The number of nitrogens with two attached hydrogens (primary N) is 1. The van der Waals surface area contributed by atoms with E-state index in [0.29, 0.717) is 24.2 Å². The number of amides is 1. The Morgan fingerprint density at radius 1 is 1.35 bits per heavy atom. The summed E-state index contributed by atoms with van der Waals surface area (Å²) in [6.45, 7) is 2.37. The molecule has 0 spiro atoms. The van der Waals surface area contributed by atoms with Gasteiger partial charge in [-0.15, -0.1) is 0 Å². The van der Waals surface area contributed by atoms with Crippen molar-refractivity contribution in [3.05, 3.63) is 58.4 Å². The third-order valence-corrected chi connectivity index (χ3v) is 3.31. The summed E-state index contributed by atoms with van der Waals surface area (Å²) < 4.78 is 0. The fourth-order valence-electron chi connectivity index (χ4n) is 1.97. The van der Waals surface area contributed by atoms with Gasteiger partial charge in [-0.3, -0.25) is 4.79 Å². The number of rotatable bonds is 4. The molecule has 104 valence electrons. The molecule has 0 unspecified atom stereocenters. The van der Waals surface area contributed by atoms with Crippen molar-refractivity contribution in [2.75, 3.05) is 11.9 Å². The maximum atomic E-state index is 12.4. The molecule has 2 rings (SSSR count). The molecular weight excluding hydrogens is 274 g/mol. The van der Waals surface area contributed by atoms with Crippen molar-refractivity contribution in [3.8, 4) is 0 Å². The minimum atomic E-state index is -0.202. The zero-order chi connectivity index (χ0) is 14.5. The van der Waals surface area contributed by atoms with Gasteiger partial charge in [-0.1, -0.05) is 29.8 Å². The summed E-state index contributed by atoms with van der Waals surface area (Å²) in [6.07, 6.45) is 2.26. The van der Waals surface area contributed by atoms with Crippen LogP contribution in [0.5, 0.6) is 0 Å². The van der Waals surface area contributed by atoms with Gasteiger partial charge in [0, 0.05) is 11.8 Å². The first-order chi connectivity index (χ1) is 9.63. The fraction of sp³-hybridized carbons (Fsp3) is 0.200. The van der Waals surface area contributed by atoms with Gasteiger partial charge in [0.1, 0.15) is 0 Å². The van der Waals surface area contributed by atoms with E-state index >= 15 is 0 Å². The van der Waals surface area contributed by atoms with E-state index < -0.39 is 0 Å². The van der Waals surface area contributed by atoms with Gasteiger partial charge in [-0.2, -0.15) is 0 Å². The lowest BCUT2D eigenvalue weighted by Gasteiger charge is -2.12. The summed E-state index contributed by atoms with van der Waals surface area (Å²) in [7, 11) is 0. The van der Waals surface area contributed by atoms with Crippen LogP contribution in [0.2, 0.25) is 5.15 Å². The van der Waals surface area contributed by atoms with Crippen molar-refractivity contribution in [3.63, 3.8) is 0 Å². The third-order valence-electron chi connectivity index (χ3n) is 3.03. The monoisotopic (exact) mass is 289 g/mol. The number of aromatic nitrogens is 1. The highest BCUT2D eigenvalue weighted by Crippen LogP contribution is 2.23. The minimum Gasteiger partial charge on any atom is -0.330 e. The highest BCUT2D eigenvalue weighted by molar-refractivity contribution is 6.32. The van der Waals surface area contributed by atoms with Gasteiger partial charge in [-0.05, 0) is 43.1 Å². The average molecular weight is 290 g/mol. The van der Waals surface area contributed by atoms with Crippen LogP contribution in [0.1, 0.15) is 21.5 Å². The number of hydrogen-bond donors (Lipinski definition) is 2. The second-order valence-corrected chi connectivity index (χ2v) is 4.80. The largest absolute Gasteiger partial charge is 0.330 e. The van der Waals surface area contributed by atoms with Crippen LogP contribution in [0.15, 0.2) is 36.5 Å². The molecule has 0 aliphatic heterocycles. The quantitative estimate of drug-likeness (QED) is 0.851. The van der Waals surface area contributed by atoms with Crippen LogP contribution in [-0.2, 0) is 6.42 Å². The Balaban J connectivity index is 2.29. The van der Waals surface area contributed by atoms with Crippen molar-refractivity contribution in [1.29, 1.82) is 0 Å². The Morgan fingerprint density at radius 3 is 2.80 bits per heavy atom. The molecule has 0 atom stereocenters. The first kappa shape index (κ1) is 14.5. The number of benzene rings is 1. The molecule has 0 aliphatic rings. The van der Waals surface area contributed by atoms with Crippen molar-refractivity contribution in [1.82, 2.24) is 4.98 Å². The van der Waals surface area contributed by atoms with Gasteiger partial charge in [0.2, 0.25) is 0 Å². The smallest absolute Gasteiger partial charge is 0.256 e. The standard InChI is InChI=1S/C15H16ClN3O/c1-10-7-9-18-14(16)13(10)19-15(20)12-5-3-2-4-11(12)6-8-17/h2-5,7,9H,6,8,17H2,1H3,(H,19,20). The van der Waals surface area contributed by atoms with Gasteiger partial charge in [0.25, 0.3) is 5.91 Å². The second kappa shape index (κ2) is 6.50. The molecule has 3 N–H and O–H groups in total. The molecule has 0 saturated carbocycles. The molecule has 1 heterocycles. The van der Waals surface area contributed by atoms with Gasteiger partial charge in [0.15, 0.2) is 5.15 Å². The topological polar surface area (TPSA) is 68.0 Å². The number of aryl methyl sites for hydroxylation is 1. The SMILES string of the molecule is Cc1ccnc(Cl)c1NC(=O)c1ccccc1CCN. The lowest BCUT2D eigenvalue weighted by atomic mass is 10.0. The Hall–Kier alpha value is -1.91. The maximum Gasteiger partial charge on any atom is 0.256 e. The van der Waals surface area contributed by atoms with E-state index in [2.05, 4.69) is 10.3 Å². The summed E-state index contributed by atoms with van der Waals surface area (Å²) in [4.78, 5) is 16.4. The lowest BCUT2D eigenvalue weighted by Crippen LogP contribution is -2.17. The Kier molecular flexibility index (Phi) is 4.71. The number of hydrogen-bond acceptors (Lipinski definition) is 3. The third kappa shape index (κ3) is 3.15. The zero-order valence-corrected chi connectivity index (χ0v) is 11.9. The number of carbonyl (C=O) groups excluding carboxylic acids is 1. The van der Waals surface area contributed by atoms with E-state index in [-0.39, 0.29) is 11.1 Å². The lowest BCUT2D eigenvalue weighted by molar-refractivity contribution is 0.102. The van der Waals surface area contributed by atoms with E-state index in [4.69, 9.17) is 17.3 Å². The number of nitrogens with zero attached hydrogens (tertiary/aromatic N) is 1. The molecule has 0 aliphatic carbocycles. The molecule has 4 nitrogen and oxygen atoms in total. The maximum absolute atomic E-state index is 12.4. The highest BCUT2D eigenvalue weighted by atomic mass is 35.5. The Bertz CT molecular complexity index is 608. The molecule has 0 bridgehead atoms. The zero-order valence-electron chi connectivity index (χ0n) is 11.2. The molecule has 2 aromatic rings. The first-order valence-electron chi connectivity index (χ1n) is 6.34. The van der Waals surface area contributed by atoms with E-state index in [0.717, 1.165) is 11.1 Å². The van der Waals surface area contributed by atoms with Crippen molar-refractivity contribution < 1.29 is 4.79 Å². The van der Waals surface area contributed by atoms with Gasteiger partial charge in [-0.25, -0.2) is 4.98 Å². The van der Waals surface area contributed by atoms with Crippen LogP contribution in [-0.4, -0.2) is 17.4 Å². The van der Waals surface area contributed by atoms with Crippen LogP contribution < -0.4 is 11.1 Å². The summed E-state index contributed by atoms with van der Waals surface area (Å²) in [6, 6.07) is 9.20. The molecule has 20 heavy (non-hydrogen) atoms. The van der Waals surface area contributed by atoms with Crippen LogP contribution in [0.25, 0.3) is 0 Å². The normalized spacial score (nSPS) is 10.3. The molecule has 5 heteroatoms.